The summed E-state index contributed by atoms with van der Waals surface area (Å²) >= 11 is 0. The van der Waals surface area contributed by atoms with Crippen LogP contribution >= 0.6 is 0 Å². The number of aromatic nitrogens is 2. The maximum atomic E-state index is 12.7. The summed E-state index contributed by atoms with van der Waals surface area (Å²) in [5.74, 6) is 1.55. The van der Waals surface area contributed by atoms with E-state index in [1.165, 1.54) is 79.0 Å². The fourth-order valence-electron chi connectivity index (χ4n) is 11.5. The van der Waals surface area contributed by atoms with Crippen molar-refractivity contribution < 1.29 is 33.6 Å². The van der Waals surface area contributed by atoms with Crippen LogP contribution in [0.3, 0.4) is 0 Å². The van der Waals surface area contributed by atoms with Crippen molar-refractivity contribution in [3.8, 4) is 45.1 Å². The molecule has 3 aliphatic rings. The minimum Gasteiger partial charge on any atom is -0.501 e. The molecule has 0 amide bonds. The molecule has 0 saturated heterocycles. The quantitative estimate of drug-likeness (QED) is 0.130. The summed E-state index contributed by atoms with van der Waals surface area (Å²) in [6.07, 6.45) is 3.64. The van der Waals surface area contributed by atoms with Gasteiger partial charge in [0.05, 0.1) is 11.3 Å². The maximum Gasteiger partial charge on any atom is 0.256 e. The second-order valence-corrected chi connectivity index (χ2v) is 24.8. The number of furan rings is 1. The van der Waals surface area contributed by atoms with Gasteiger partial charge in [0.2, 0.25) is 0 Å². The third-order valence-corrected chi connectivity index (χ3v) is 16.2. The number of halogens is 1. The Morgan fingerprint density at radius 1 is 0.610 bits per heavy atom. The van der Waals surface area contributed by atoms with Crippen LogP contribution in [0.15, 0.2) is 150 Å². The number of hydrogen-bond acceptors (Lipinski definition) is 5. The summed E-state index contributed by atoms with van der Waals surface area (Å²) in [5.41, 5.74) is 23.4. The van der Waals surface area contributed by atoms with Crippen LogP contribution in [0.4, 0.5) is 21.5 Å². The zero-order valence-electron chi connectivity index (χ0n) is 46.3. The normalized spacial score (nSPS) is 13.9. The molecular weight excluding hydrogens is 1120 g/mol. The number of aryl methyl sites for hydroxylation is 2. The fourth-order valence-corrected chi connectivity index (χ4v) is 11.5. The van der Waals surface area contributed by atoms with Crippen molar-refractivity contribution in [3.63, 3.8) is 0 Å². The summed E-state index contributed by atoms with van der Waals surface area (Å²) < 4.78 is 26.6. The van der Waals surface area contributed by atoms with Gasteiger partial charge in [0, 0.05) is 60.5 Å². The molecule has 5 nitrogen and oxygen atoms in total. The molecule has 0 spiro atoms. The fraction of sp³-hybridized carbons (Fsp3) is 0.246. The second-order valence-electron chi connectivity index (χ2n) is 24.8. The number of fused-ring (bicyclic) bond motifs is 9. The molecule has 10 aromatic rings. The summed E-state index contributed by atoms with van der Waals surface area (Å²) in [5, 5.41) is 2.12. The molecule has 77 heavy (non-hydrogen) atoms. The number of benzene rings is 7. The number of nitrogens with zero attached hydrogens (tertiary/aromatic N) is 3. The van der Waals surface area contributed by atoms with Crippen LogP contribution in [0.5, 0.6) is 11.5 Å². The molecule has 0 N–H and O–H groups in total. The van der Waals surface area contributed by atoms with Crippen LogP contribution in [-0.4, -0.2) is 16.7 Å². The average Bonchev–Trinajstić information content (AvgIpc) is 3.77. The molecular formula is C69H63BFIrN3O2-2. The molecule has 1 radical (unpaired) electrons. The van der Waals surface area contributed by atoms with Gasteiger partial charge in [0.25, 0.3) is 6.71 Å². The van der Waals surface area contributed by atoms with Crippen LogP contribution in [0.25, 0.3) is 55.6 Å². The molecule has 3 aromatic heterocycles. The average molecular weight is 1190 g/mol. The number of rotatable bonds is 3. The first-order valence-electron chi connectivity index (χ1n) is 26.6. The van der Waals surface area contributed by atoms with Crippen LogP contribution in [0.2, 0.25) is 0 Å². The summed E-state index contributed by atoms with van der Waals surface area (Å²) in [7, 11) is 0. The third kappa shape index (κ3) is 8.82. The van der Waals surface area contributed by atoms with Gasteiger partial charge in [0.1, 0.15) is 17.1 Å². The van der Waals surface area contributed by atoms with Gasteiger partial charge in [-0.15, -0.1) is 48.0 Å². The van der Waals surface area contributed by atoms with Crippen molar-refractivity contribution in [3.05, 3.63) is 203 Å². The van der Waals surface area contributed by atoms with Crippen LogP contribution < -0.4 is 26.0 Å². The molecule has 0 fully saturated rings. The largest absolute Gasteiger partial charge is 0.501 e. The molecule has 387 valence electrons. The first-order chi connectivity index (χ1) is 36.0. The first-order valence-corrected chi connectivity index (χ1v) is 26.6. The molecule has 0 bridgehead atoms. The predicted octanol–water partition coefficient (Wildman–Crippen LogP) is 16.4. The van der Waals surface area contributed by atoms with Crippen LogP contribution in [-0.2, 0) is 41.8 Å². The molecule has 7 aromatic carbocycles. The predicted molar refractivity (Wildman–Crippen MR) is 313 cm³/mol. The monoisotopic (exact) mass is 1190 g/mol. The Morgan fingerprint density at radius 2 is 1.34 bits per heavy atom. The summed E-state index contributed by atoms with van der Waals surface area (Å²) in [4.78, 5) is 11.5. The second kappa shape index (κ2) is 18.5. The van der Waals surface area contributed by atoms with Gasteiger partial charge in [-0.3, -0.25) is 4.39 Å². The van der Waals surface area contributed by atoms with E-state index in [1.54, 1.807) is 6.07 Å². The topological polar surface area (TPSA) is 51.4 Å². The van der Waals surface area contributed by atoms with Crippen molar-refractivity contribution in [1.82, 2.24) is 9.97 Å². The molecule has 6 heterocycles. The smallest absolute Gasteiger partial charge is 0.256 e. The van der Waals surface area contributed by atoms with Gasteiger partial charge in [-0.25, -0.2) is 0 Å². The summed E-state index contributed by atoms with van der Waals surface area (Å²) in [6.45, 7) is 29.8. The SMILES string of the molecule is CC(C)(C)c1ccc2c(c1)B1c3cc(C(C)(C)C)cc4c3N(c3ccc(C(C)(C)C)cc3C4(C)C)c3cc(-c4ccc5c(c4)oc4c(-c6ccccn6)[c-]ccc45)cc(c31)O2.Cc1cnc(-c2[c-]cc(F)cc2)cc1C.[Ir]. The number of hydrogen-bond donors (Lipinski definition) is 0. The van der Waals surface area contributed by atoms with Crippen molar-refractivity contribution in [2.24, 2.45) is 0 Å². The van der Waals surface area contributed by atoms with Crippen molar-refractivity contribution in [2.75, 3.05) is 4.90 Å². The minimum absolute atomic E-state index is 0. The van der Waals surface area contributed by atoms with E-state index in [0.717, 1.165) is 72.6 Å². The first kappa shape index (κ1) is 52.0. The number of pyridine rings is 2. The molecule has 3 aliphatic heterocycles. The van der Waals surface area contributed by atoms with E-state index >= 15 is 0 Å². The molecule has 0 unspecified atom stereocenters. The summed E-state index contributed by atoms with van der Waals surface area (Å²) in [6, 6.07) is 53.1. The van der Waals surface area contributed by atoms with Crippen molar-refractivity contribution >= 4 is 62.1 Å². The zero-order chi connectivity index (χ0) is 53.4. The Hall–Kier alpha value is -7.12. The Bertz CT molecular complexity index is 3990. The molecule has 0 atom stereocenters. The van der Waals surface area contributed by atoms with E-state index in [1.807, 2.05) is 56.6 Å². The zero-order valence-corrected chi connectivity index (χ0v) is 48.7. The van der Waals surface area contributed by atoms with Crippen LogP contribution in [0.1, 0.15) is 115 Å². The van der Waals surface area contributed by atoms with Crippen molar-refractivity contribution in [1.29, 1.82) is 0 Å². The van der Waals surface area contributed by atoms with E-state index in [0.29, 0.717) is 0 Å². The van der Waals surface area contributed by atoms with Gasteiger partial charge < -0.3 is 24.0 Å². The van der Waals surface area contributed by atoms with E-state index in [-0.39, 0.29) is 54.3 Å². The van der Waals surface area contributed by atoms with E-state index in [2.05, 4.69) is 188 Å². The van der Waals surface area contributed by atoms with E-state index in [9.17, 15) is 4.39 Å². The Morgan fingerprint density at radius 3 is 2.04 bits per heavy atom. The standard InChI is InChI=1S/C56H52BN2O2.C13H11FN.Ir/c1-53(2,3)34-19-22-45-40(28-34)56(10,11)41-29-36(55(7,8)9)31-43-51(41)59(45)46-25-33(27-49-50(46)57(43)42-30-35(54(4,5)6)20-23-47(42)60-49)32-18-21-37-38-15-14-16-39(44-17-12-13-24-58-44)52(38)61-48(37)26-32;1-9-7-13(15-8-10(9)2)11-3-5-12(14)6-4-11;/h12-15,17-31H,1-11H3;3,5-8H,1-2H3;/q2*-1;. The van der Waals surface area contributed by atoms with Gasteiger partial charge in [-0.1, -0.05) is 159 Å². The van der Waals surface area contributed by atoms with Gasteiger partial charge >= 0.3 is 0 Å². The van der Waals surface area contributed by atoms with E-state index in [4.69, 9.17) is 9.15 Å². The maximum absolute atomic E-state index is 12.7. The van der Waals surface area contributed by atoms with E-state index < -0.39 is 0 Å². The third-order valence-electron chi connectivity index (χ3n) is 16.2. The number of ether oxygens (including phenoxy) is 1. The molecule has 13 rings (SSSR count). The van der Waals surface area contributed by atoms with Gasteiger partial charge in [-0.2, -0.15) is 0 Å². The van der Waals surface area contributed by atoms with Gasteiger partial charge in [0.15, 0.2) is 0 Å². The van der Waals surface area contributed by atoms with Crippen molar-refractivity contribution in [2.45, 2.75) is 112 Å². The molecule has 8 heteroatoms. The Balaban J connectivity index is 0.000000340. The van der Waals surface area contributed by atoms with Gasteiger partial charge in [-0.05, 0) is 139 Å². The Kier molecular flexibility index (Phi) is 12.5. The van der Waals surface area contributed by atoms with Crippen LogP contribution in [0, 0.1) is 31.8 Å². The molecule has 0 saturated carbocycles. The Labute approximate surface area is 467 Å². The molecule has 0 aliphatic carbocycles. The minimum atomic E-state index is -0.275. The number of anilines is 3.